The number of aromatic nitrogens is 6. The van der Waals surface area contributed by atoms with Gasteiger partial charge in [-0.1, -0.05) is 18.2 Å². The number of fused-ring (bicyclic) bond motifs is 2. The summed E-state index contributed by atoms with van der Waals surface area (Å²) in [5, 5.41) is 10.3. The van der Waals surface area contributed by atoms with Crippen molar-refractivity contribution >= 4 is 45.5 Å². The number of imidazole rings is 1. The summed E-state index contributed by atoms with van der Waals surface area (Å²) in [6.07, 6.45) is 2.18. The standard InChI is InChI=1S/C38H39F4N9O4/c1-48-34-25(4-2-6-29(34)51(37(48)55)30-12-13-33(52)46-36(30)54)24-14-15-49(20-26(24)39)18-21-8-10-23(11-9-21)50-19-22-16-32(43-17-28(22)47-50)45-35(53)27-5-3-7-31(44-27)38(40,41)42/h2-7,16-17,19,21,23-24,26,30H,8-15,18,20H2,1H3,(H,45,53)(H,46,52,54)/t21-,23-,24-,26-,30?/m1/s1. The number of anilines is 1. The van der Waals surface area contributed by atoms with Crippen LogP contribution < -0.4 is 16.3 Å². The second-order valence-electron chi connectivity index (χ2n) is 14.8. The molecule has 288 valence electrons. The molecule has 0 radical (unpaired) electrons. The Bertz CT molecular complexity index is 2360. The maximum atomic E-state index is 16.1. The van der Waals surface area contributed by atoms with E-state index < -0.39 is 41.8 Å². The number of carbonyl (C=O) groups excluding carboxylic acids is 3. The van der Waals surface area contributed by atoms with Crippen LogP contribution in [0, 0.1) is 5.92 Å². The first-order valence-electron chi connectivity index (χ1n) is 18.4. The minimum atomic E-state index is -4.67. The third-order valence-corrected chi connectivity index (χ3v) is 11.3. The van der Waals surface area contributed by atoms with Gasteiger partial charge in [-0.15, -0.1) is 0 Å². The van der Waals surface area contributed by atoms with E-state index in [-0.39, 0.29) is 48.5 Å². The van der Waals surface area contributed by atoms with E-state index in [0.717, 1.165) is 55.3 Å². The Labute approximate surface area is 311 Å². The maximum Gasteiger partial charge on any atom is 0.433 e. The molecule has 17 heteroatoms. The maximum absolute atomic E-state index is 16.1. The molecule has 5 aromatic rings. The predicted octanol–water partition coefficient (Wildman–Crippen LogP) is 5.29. The fourth-order valence-corrected chi connectivity index (χ4v) is 8.54. The highest BCUT2D eigenvalue weighted by Gasteiger charge is 2.37. The van der Waals surface area contributed by atoms with Gasteiger partial charge in [-0.05, 0) is 80.8 Å². The van der Waals surface area contributed by atoms with Crippen molar-refractivity contribution in [2.75, 3.05) is 25.0 Å². The number of carbonyl (C=O) groups is 3. The number of likely N-dealkylation sites (tertiary alicyclic amines) is 1. The van der Waals surface area contributed by atoms with Gasteiger partial charge in [0.25, 0.3) is 5.91 Å². The van der Waals surface area contributed by atoms with Gasteiger partial charge in [0, 0.05) is 44.1 Å². The van der Waals surface area contributed by atoms with Gasteiger partial charge >= 0.3 is 11.9 Å². The van der Waals surface area contributed by atoms with E-state index in [9.17, 15) is 32.3 Å². The Morgan fingerprint density at radius 2 is 1.80 bits per heavy atom. The summed E-state index contributed by atoms with van der Waals surface area (Å²) in [5.41, 5.74) is 0.650. The van der Waals surface area contributed by atoms with E-state index in [2.05, 4.69) is 25.5 Å². The molecule has 55 heavy (non-hydrogen) atoms. The van der Waals surface area contributed by atoms with Crippen molar-refractivity contribution in [3.8, 4) is 0 Å². The molecule has 2 N–H and O–H groups in total. The molecular weight excluding hydrogens is 722 g/mol. The molecule has 8 rings (SSSR count). The average molecular weight is 762 g/mol. The highest BCUT2D eigenvalue weighted by atomic mass is 19.4. The van der Waals surface area contributed by atoms with Crippen molar-refractivity contribution in [3.05, 3.63) is 82.3 Å². The number of benzene rings is 1. The van der Waals surface area contributed by atoms with E-state index in [1.54, 1.807) is 25.2 Å². The second kappa shape index (κ2) is 14.3. The molecule has 1 aromatic carbocycles. The minimum Gasteiger partial charge on any atom is -0.305 e. The molecule has 0 bridgehead atoms. The number of halogens is 4. The van der Waals surface area contributed by atoms with Crippen LogP contribution in [0.25, 0.3) is 21.9 Å². The summed E-state index contributed by atoms with van der Waals surface area (Å²) >= 11 is 0. The lowest BCUT2D eigenvalue weighted by Crippen LogP contribution is -2.44. The van der Waals surface area contributed by atoms with Gasteiger partial charge in [0.15, 0.2) is 0 Å². The van der Waals surface area contributed by atoms with Gasteiger partial charge in [0.05, 0.1) is 23.3 Å². The second-order valence-corrected chi connectivity index (χ2v) is 14.8. The molecule has 3 fully saturated rings. The molecule has 6 heterocycles. The summed E-state index contributed by atoms with van der Waals surface area (Å²) in [4.78, 5) is 60.3. The van der Waals surface area contributed by atoms with Crippen molar-refractivity contribution < 1.29 is 31.9 Å². The summed E-state index contributed by atoms with van der Waals surface area (Å²) in [5.74, 6) is -1.52. The molecule has 3 atom stereocenters. The number of aryl methyl sites for hydroxylation is 1. The molecule has 0 spiro atoms. The van der Waals surface area contributed by atoms with Crippen molar-refractivity contribution in [2.45, 2.75) is 75.3 Å². The van der Waals surface area contributed by atoms with Gasteiger partial charge in [-0.3, -0.25) is 33.5 Å². The molecule has 3 amide bonds. The Morgan fingerprint density at radius 3 is 2.55 bits per heavy atom. The van der Waals surface area contributed by atoms with Crippen LogP contribution in [0.4, 0.5) is 23.4 Å². The zero-order valence-electron chi connectivity index (χ0n) is 29.9. The monoisotopic (exact) mass is 761 g/mol. The van der Waals surface area contributed by atoms with E-state index in [1.807, 2.05) is 16.9 Å². The molecule has 1 unspecified atom stereocenters. The Morgan fingerprint density at radius 1 is 1.02 bits per heavy atom. The normalized spacial score (nSPS) is 24.0. The van der Waals surface area contributed by atoms with Gasteiger partial charge in [0.2, 0.25) is 11.8 Å². The lowest BCUT2D eigenvalue weighted by Gasteiger charge is -2.38. The van der Waals surface area contributed by atoms with Crippen LogP contribution in [0.5, 0.6) is 0 Å². The van der Waals surface area contributed by atoms with Crippen LogP contribution in [0.15, 0.2) is 59.7 Å². The van der Waals surface area contributed by atoms with E-state index in [4.69, 9.17) is 5.10 Å². The number of piperidine rings is 2. The number of rotatable bonds is 7. The van der Waals surface area contributed by atoms with Crippen molar-refractivity contribution in [1.82, 2.24) is 39.1 Å². The number of hydrogen-bond donors (Lipinski definition) is 2. The van der Waals surface area contributed by atoms with Crippen LogP contribution in [0.1, 0.15) is 84.7 Å². The quantitative estimate of drug-likeness (QED) is 0.168. The molecule has 13 nitrogen and oxygen atoms in total. The van der Waals surface area contributed by atoms with Gasteiger partial charge in [0.1, 0.15) is 34.9 Å². The number of nitrogens with one attached hydrogen (secondary N) is 2. The first-order chi connectivity index (χ1) is 26.3. The van der Waals surface area contributed by atoms with Crippen molar-refractivity contribution in [2.24, 2.45) is 13.0 Å². The molecule has 2 aliphatic heterocycles. The predicted molar refractivity (Wildman–Crippen MR) is 193 cm³/mol. The lowest BCUT2D eigenvalue weighted by molar-refractivity contribution is -0.141. The zero-order valence-corrected chi connectivity index (χ0v) is 29.9. The van der Waals surface area contributed by atoms with Gasteiger partial charge < -0.3 is 10.2 Å². The van der Waals surface area contributed by atoms with Crippen LogP contribution in [-0.4, -0.2) is 77.3 Å². The number of nitrogens with zero attached hydrogens (tertiary/aromatic N) is 7. The van der Waals surface area contributed by atoms with E-state index >= 15 is 4.39 Å². The third-order valence-electron chi connectivity index (χ3n) is 11.3. The largest absolute Gasteiger partial charge is 0.433 e. The molecular formula is C38H39F4N9O4. The fraction of sp³-hybridized carbons (Fsp3) is 0.447. The number of amides is 3. The molecule has 1 aliphatic carbocycles. The van der Waals surface area contributed by atoms with Crippen LogP contribution in [0.3, 0.4) is 0 Å². The SMILES string of the molecule is Cn1c(=O)n(C2CCC(=O)NC2=O)c2cccc([C@H]3CCN(C[C@H]4CC[C@H](n5cc6cc(NC(=O)c7cccc(C(F)(F)F)n7)ncc6n5)CC4)C[C@H]3F)c21. The highest BCUT2D eigenvalue weighted by molar-refractivity contribution is 6.03. The number of alkyl halides is 4. The average Bonchev–Trinajstić information content (AvgIpc) is 3.69. The highest BCUT2D eigenvalue weighted by Crippen LogP contribution is 2.38. The minimum absolute atomic E-state index is 0.143. The summed E-state index contributed by atoms with van der Waals surface area (Å²) in [6.45, 7) is 1.77. The lowest BCUT2D eigenvalue weighted by atomic mass is 9.83. The van der Waals surface area contributed by atoms with E-state index in [1.165, 1.54) is 21.4 Å². The first kappa shape index (κ1) is 36.5. The van der Waals surface area contributed by atoms with Crippen LogP contribution in [-0.2, 0) is 22.8 Å². The Hall–Kier alpha value is -5.45. The summed E-state index contributed by atoms with van der Waals surface area (Å²) in [6, 6.07) is 9.54. The first-order valence-corrected chi connectivity index (χ1v) is 18.4. The molecule has 4 aromatic heterocycles. The number of para-hydroxylation sites is 1. The number of pyridine rings is 2. The summed E-state index contributed by atoms with van der Waals surface area (Å²) < 4.78 is 60.1. The van der Waals surface area contributed by atoms with Gasteiger partial charge in [-0.25, -0.2) is 19.2 Å². The van der Waals surface area contributed by atoms with Crippen molar-refractivity contribution in [3.63, 3.8) is 0 Å². The smallest absolute Gasteiger partial charge is 0.305 e. The Balaban J connectivity index is 0.872. The summed E-state index contributed by atoms with van der Waals surface area (Å²) in [7, 11) is 1.64. The number of imide groups is 1. The number of hydrogen-bond acceptors (Lipinski definition) is 8. The molecule has 2 saturated heterocycles. The fourth-order valence-electron chi connectivity index (χ4n) is 8.54. The van der Waals surface area contributed by atoms with E-state index in [0.29, 0.717) is 35.4 Å². The zero-order chi connectivity index (χ0) is 38.6. The van der Waals surface area contributed by atoms with Crippen LogP contribution in [0.2, 0.25) is 0 Å². The molecule has 3 aliphatic rings. The van der Waals surface area contributed by atoms with Gasteiger partial charge in [-0.2, -0.15) is 18.3 Å². The van der Waals surface area contributed by atoms with Crippen molar-refractivity contribution in [1.29, 1.82) is 0 Å². The molecule has 1 saturated carbocycles. The Kier molecular flexibility index (Phi) is 9.51. The third kappa shape index (κ3) is 7.12. The van der Waals surface area contributed by atoms with Crippen LogP contribution >= 0.6 is 0 Å². The topological polar surface area (TPSA) is 149 Å².